The maximum Gasteiger partial charge on any atom is 0.420 e. The molecule has 1 aliphatic rings. The van der Waals surface area contributed by atoms with Crippen molar-refractivity contribution in [2.24, 2.45) is 0 Å². The van der Waals surface area contributed by atoms with Crippen LogP contribution in [-0.2, 0) is 6.18 Å². The summed E-state index contributed by atoms with van der Waals surface area (Å²) in [6.45, 7) is 1.12. The molecule has 1 saturated carbocycles. The van der Waals surface area contributed by atoms with E-state index in [1.165, 1.54) is 25.1 Å². The molecule has 0 heterocycles. The summed E-state index contributed by atoms with van der Waals surface area (Å²) in [5.41, 5.74) is -0.841. The Morgan fingerprint density at radius 2 is 1.88 bits per heavy atom. The molecule has 1 aromatic carbocycles. The van der Waals surface area contributed by atoms with E-state index in [4.69, 9.17) is 4.74 Å². The van der Waals surface area contributed by atoms with Gasteiger partial charge in [0.25, 0.3) is 0 Å². The van der Waals surface area contributed by atoms with Crippen molar-refractivity contribution >= 4 is 27.9 Å². The molecule has 0 aromatic heterocycles. The maximum absolute atomic E-state index is 13.1. The lowest BCUT2D eigenvalue weighted by Crippen LogP contribution is -2.39. The minimum atomic E-state index is -4.49. The summed E-state index contributed by atoms with van der Waals surface area (Å²) in [6, 6.07) is 2.39. The van der Waals surface area contributed by atoms with Crippen LogP contribution in [0.2, 0.25) is 0 Å². The van der Waals surface area contributed by atoms with E-state index in [0.29, 0.717) is 35.3 Å². The number of alkyl halides is 5. The van der Waals surface area contributed by atoms with Gasteiger partial charge in [-0.1, -0.05) is 0 Å². The number of rotatable bonds is 7. The van der Waals surface area contributed by atoms with Gasteiger partial charge in [-0.25, -0.2) is 8.78 Å². The molecular formula is C16H20BrF5N2OS. The van der Waals surface area contributed by atoms with E-state index >= 15 is 0 Å². The Hall–Kier alpha value is -0.580. The first-order valence-electron chi connectivity index (χ1n) is 8.08. The second-order valence-electron chi connectivity index (χ2n) is 6.06. The lowest BCUT2D eigenvalue weighted by Gasteiger charge is -2.28. The Morgan fingerprint density at radius 1 is 1.23 bits per heavy atom. The van der Waals surface area contributed by atoms with Crippen LogP contribution in [0.1, 0.15) is 31.2 Å². The van der Waals surface area contributed by atoms with Crippen molar-refractivity contribution in [3.8, 4) is 5.75 Å². The van der Waals surface area contributed by atoms with Gasteiger partial charge in [0.2, 0.25) is 5.92 Å². The van der Waals surface area contributed by atoms with Crippen LogP contribution in [-0.4, -0.2) is 32.2 Å². The van der Waals surface area contributed by atoms with Gasteiger partial charge in [0.05, 0.1) is 12.7 Å². The van der Waals surface area contributed by atoms with Gasteiger partial charge in [-0.05, 0) is 52.9 Å². The topological polar surface area (TPSA) is 33.3 Å². The zero-order valence-electron chi connectivity index (χ0n) is 14.1. The molecule has 0 amide bonds. The molecule has 0 spiro atoms. The SMILES string of the molecule is COc1cc(SNCCNC2CCC(F)(F)CC2)c(Br)cc1C(F)(F)F. The molecule has 2 N–H and O–H groups in total. The number of halogens is 6. The van der Waals surface area contributed by atoms with Crippen molar-refractivity contribution in [3.63, 3.8) is 0 Å². The molecule has 148 valence electrons. The molecule has 26 heavy (non-hydrogen) atoms. The third kappa shape index (κ3) is 6.24. The molecule has 1 aliphatic carbocycles. The van der Waals surface area contributed by atoms with Gasteiger partial charge >= 0.3 is 6.18 Å². The summed E-state index contributed by atoms with van der Waals surface area (Å²) in [6.07, 6.45) is -3.79. The molecule has 2 rings (SSSR count). The quantitative estimate of drug-likeness (QED) is 0.329. The highest BCUT2D eigenvalue weighted by atomic mass is 79.9. The molecule has 0 saturated heterocycles. The summed E-state index contributed by atoms with van der Waals surface area (Å²) >= 11 is 4.32. The lowest BCUT2D eigenvalue weighted by molar-refractivity contribution is -0.138. The Kier molecular flexibility index (Phi) is 7.58. The Bertz CT molecular complexity index is 605. The van der Waals surface area contributed by atoms with Crippen molar-refractivity contribution in [1.29, 1.82) is 0 Å². The first-order chi connectivity index (χ1) is 12.1. The average Bonchev–Trinajstić information content (AvgIpc) is 2.56. The second-order valence-corrected chi connectivity index (χ2v) is 7.85. The predicted octanol–water partition coefficient (Wildman–Crippen LogP) is 5.24. The van der Waals surface area contributed by atoms with E-state index < -0.39 is 17.7 Å². The molecule has 0 atom stereocenters. The van der Waals surface area contributed by atoms with E-state index in [2.05, 4.69) is 26.0 Å². The number of hydrogen-bond acceptors (Lipinski definition) is 4. The predicted molar refractivity (Wildman–Crippen MR) is 94.8 cm³/mol. The fraction of sp³-hybridized carbons (Fsp3) is 0.625. The summed E-state index contributed by atoms with van der Waals surface area (Å²) in [5, 5.41) is 3.22. The third-order valence-corrected chi connectivity index (χ3v) is 5.94. The van der Waals surface area contributed by atoms with E-state index in [-0.39, 0.29) is 24.6 Å². The monoisotopic (exact) mass is 462 g/mol. The summed E-state index contributed by atoms with van der Waals surface area (Å²) < 4.78 is 73.2. The molecule has 1 aromatic rings. The van der Waals surface area contributed by atoms with Crippen LogP contribution < -0.4 is 14.8 Å². The zero-order chi connectivity index (χ0) is 19.4. The van der Waals surface area contributed by atoms with E-state index in [9.17, 15) is 22.0 Å². The number of methoxy groups -OCH3 is 1. The number of benzene rings is 1. The minimum absolute atomic E-state index is 0.0827. The van der Waals surface area contributed by atoms with Crippen LogP contribution in [0.5, 0.6) is 5.75 Å². The molecule has 1 fully saturated rings. The van der Waals surface area contributed by atoms with Crippen molar-refractivity contribution in [3.05, 3.63) is 22.2 Å². The molecule has 10 heteroatoms. The van der Waals surface area contributed by atoms with Gasteiger partial charge in [-0.2, -0.15) is 13.2 Å². The maximum atomic E-state index is 13.1. The lowest BCUT2D eigenvalue weighted by atomic mass is 9.92. The number of hydrogen-bond donors (Lipinski definition) is 2. The highest BCUT2D eigenvalue weighted by Crippen LogP contribution is 2.41. The van der Waals surface area contributed by atoms with Gasteiger partial charge in [0.1, 0.15) is 5.75 Å². The van der Waals surface area contributed by atoms with Gasteiger partial charge in [-0.3, -0.25) is 4.72 Å². The summed E-state index contributed by atoms with van der Waals surface area (Å²) in [5.74, 6) is -2.79. The van der Waals surface area contributed by atoms with E-state index in [0.717, 1.165) is 6.07 Å². The van der Waals surface area contributed by atoms with Crippen LogP contribution in [0.4, 0.5) is 22.0 Å². The van der Waals surface area contributed by atoms with Gasteiger partial charge < -0.3 is 10.1 Å². The number of nitrogens with one attached hydrogen (secondary N) is 2. The summed E-state index contributed by atoms with van der Waals surface area (Å²) in [4.78, 5) is 0.562. The third-order valence-electron chi connectivity index (χ3n) is 4.12. The minimum Gasteiger partial charge on any atom is -0.496 e. The Balaban J connectivity index is 1.79. The molecular weight excluding hydrogens is 443 g/mol. The standard InChI is InChI=1S/C16H20BrF5N2OS/c1-25-13-9-14(12(17)8-11(13)16(20,21)22)26-24-7-6-23-10-2-4-15(18,19)5-3-10/h8-10,23-24H,2-7H2,1H3. The highest BCUT2D eigenvalue weighted by Gasteiger charge is 2.35. The van der Waals surface area contributed by atoms with Crippen molar-refractivity contribution in [1.82, 2.24) is 10.0 Å². The molecule has 3 nitrogen and oxygen atoms in total. The van der Waals surface area contributed by atoms with E-state index in [1.54, 1.807) is 0 Å². The van der Waals surface area contributed by atoms with Crippen LogP contribution >= 0.6 is 27.9 Å². The molecule has 0 aliphatic heterocycles. The van der Waals surface area contributed by atoms with Gasteiger partial charge in [0, 0.05) is 41.3 Å². The van der Waals surface area contributed by atoms with Crippen molar-refractivity contribution in [2.45, 2.75) is 48.7 Å². The zero-order valence-corrected chi connectivity index (χ0v) is 16.5. The van der Waals surface area contributed by atoms with Crippen LogP contribution in [0, 0.1) is 0 Å². The molecule has 0 radical (unpaired) electrons. The fourth-order valence-electron chi connectivity index (χ4n) is 2.70. The van der Waals surface area contributed by atoms with Gasteiger partial charge in [0.15, 0.2) is 0 Å². The fourth-order valence-corrected chi connectivity index (χ4v) is 3.97. The smallest absolute Gasteiger partial charge is 0.420 e. The van der Waals surface area contributed by atoms with Crippen LogP contribution in [0.3, 0.4) is 0 Å². The van der Waals surface area contributed by atoms with E-state index in [1.807, 2.05) is 0 Å². The largest absolute Gasteiger partial charge is 0.496 e. The Morgan fingerprint density at radius 3 is 2.46 bits per heavy atom. The first kappa shape index (κ1) is 21.7. The molecule has 0 bridgehead atoms. The van der Waals surface area contributed by atoms with Crippen molar-refractivity contribution < 1.29 is 26.7 Å². The first-order valence-corrected chi connectivity index (χ1v) is 9.69. The van der Waals surface area contributed by atoms with Crippen LogP contribution in [0.25, 0.3) is 0 Å². The molecule has 0 unspecified atom stereocenters. The normalized spacial score (nSPS) is 18.1. The van der Waals surface area contributed by atoms with Crippen molar-refractivity contribution in [2.75, 3.05) is 20.2 Å². The Labute approximate surface area is 161 Å². The number of ether oxygens (including phenoxy) is 1. The highest BCUT2D eigenvalue weighted by molar-refractivity contribution is 9.10. The van der Waals surface area contributed by atoms with Gasteiger partial charge in [-0.15, -0.1) is 0 Å². The second kappa shape index (κ2) is 9.07. The summed E-state index contributed by atoms with van der Waals surface area (Å²) in [7, 11) is 1.19. The average molecular weight is 463 g/mol. The van der Waals surface area contributed by atoms with Crippen LogP contribution in [0.15, 0.2) is 21.5 Å².